The highest BCUT2D eigenvalue weighted by Gasteiger charge is 2.20. The van der Waals surface area contributed by atoms with Gasteiger partial charge in [-0.2, -0.15) is 0 Å². The number of hydrogen-bond donors (Lipinski definition) is 2. The predicted octanol–water partition coefficient (Wildman–Crippen LogP) is 4.33. The van der Waals surface area contributed by atoms with Crippen LogP contribution in [-0.2, 0) is 24.1 Å². The number of halogens is 1. The van der Waals surface area contributed by atoms with Crippen LogP contribution in [0, 0.1) is 0 Å². The minimum absolute atomic E-state index is 0. The molecular weight excluding hydrogens is 346 g/mol. The van der Waals surface area contributed by atoms with E-state index in [1.165, 1.54) is 29.7 Å². The molecule has 26 heavy (non-hydrogen) atoms. The van der Waals surface area contributed by atoms with Crippen molar-refractivity contribution in [1.29, 1.82) is 0 Å². The lowest BCUT2D eigenvalue weighted by Crippen LogP contribution is -2.13. The van der Waals surface area contributed by atoms with Gasteiger partial charge in [-0.1, -0.05) is 18.2 Å². The molecular formula is C21H24ClN3O. The minimum atomic E-state index is -0.308. The molecule has 0 saturated carbocycles. The highest BCUT2D eigenvalue weighted by Crippen LogP contribution is 2.35. The van der Waals surface area contributed by atoms with Crippen molar-refractivity contribution in [1.82, 2.24) is 4.98 Å². The Labute approximate surface area is 160 Å². The highest BCUT2D eigenvalue weighted by atomic mass is 35.5. The molecule has 1 aromatic heterocycles. The normalized spacial score (nSPS) is 15.2. The van der Waals surface area contributed by atoms with E-state index in [-0.39, 0.29) is 24.7 Å². The lowest BCUT2D eigenvalue weighted by Gasteiger charge is -2.15. The number of aryl methyl sites for hydroxylation is 1. The van der Waals surface area contributed by atoms with E-state index in [1.54, 1.807) is 0 Å². The molecule has 3 N–H and O–H groups in total. The maximum Gasteiger partial charge on any atom is 0.221 e. The van der Waals surface area contributed by atoms with Gasteiger partial charge in [0.15, 0.2) is 0 Å². The van der Waals surface area contributed by atoms with Gasteiger partial charge in [0.05, 0.1) is 12.1 Å². The third kappa shape index (κ3) is 3.91. The van der Waals surface area contributed by atoms with E-state index in [4.69, 9.17) is 10.7 Å². The summed E-state index contributed by atoms with van der Waals surface area (Å²) in [6.45, 7) is 0. The summed E-state index contributed by atoms with van der Waals surface area (Å²) >= 11 is 0. The molecule has 0 radical (unpaired) electrons. The Hall–Kier alpha value is -2.33. The molecule has 136 valence electrons. The molecule has 0 bridgehead atoms. The summed E-state index contributed by atoms with van der Waals surface area (Å²) in [6, 6.07) is 10.1. The molecule has 2 aromatic rings. The number of primary amides is 1. The van der Waals surface area contributed by atoms with Gasteiger partial charge >= 0.3 is 0 Å². The summed E-state index contributed by atoms with van der Waals surface area (Å²) in [6.07, 6.45) is 9.40. The Morgan fingerprint density at radius 3 is 2.81 bits per heavy atom. The van der Waals surface area contributed by atoms with Crippen molar-refractivity contribution in [3.8, 4) is 0 Å². The third-order valence-corrected chi connectivity index (χ3v) is 5.00. The van der Waals surface area contributed by atoms with Crippen molar-refractivity contribution in [2.24, 2.45) is 5.73 Å². The molecule has 0 fully saturated rings. The van der Waals surface area contributed by atoms with Gasteiger partial charge in [0.2, 0.25) is 5.91 Å². The molecule has 0 atom stereocenters. The molecule has 1 aromatic carbocycles. The van der Waals surface area contributed by atoms with Gasteiger partial charge in [0.1, 0.15) is 0 Å². The van der Waals surface area contributed by atoms with Crippen LogP contribution in [0.5, 0.6) is 0 Å². The van der Waals surface area contributed by atoms with Crippen LogP contribution in [0.3, 0.4) is 0 Å². The van der Waals surface area contributed by atoms with Gasteiger partial charge in [0, 0.05) is 17.1 Å². The summed E-state index contributed by atoms with van der Waals surface area (Å²) in [7, 11) is 0. The lowest BCUT2D eigenvalue weighted by atomic mass is 10.1. The number of carbonyl (C=O) groups is 1. The van der Waals surface area contributed by atoms with Gasteiger partial charge in [-0.05, 0) is 73.4 Å². The van der Waals surface area contributed by atoms with Crippen LogP contribution in [0.1, 0.15) is 48.2 Å². The number of pyridine rings is 1. The first-order chi connectivity index (χ1) is 12.2. The summed E-state index contributed by atoms with van der Waals surface area (Å²) in [5.41, 5.74) is 13.5. The zero-order chi connectivity index (χ0) is 17.2. The monoisotopic (exact) mass is 369 g/mol. The Morgan fingerprint density at radius 1 is 1.15 bits per heavy atom. The molecule has 5 heteroatoms. The van der Waals surface area contributed by atoms with E-state index in [2.05, 4.69) is 17.5 Å². The Bertz CT molecular complexity index is 860. The van der Waals surface area contributed by atoms with Crippen molar-refractivity contribution in [2.75, 3.05) is 5.32 Å². The SMILES string of the molecule is Cl.NC(=O)Cc1cccc(Nc2cc(C3=CCCC3)nc3c2CCC3)c1. The number of benzene rings is 1. The largest absolute Gasteiger partial charge is 0.369 e. The number of fused-ring (bicyclic) bond motifs is 1. The molecule has 0 saturated heterocycles. The van der Waals surface area contributed by atoms with Crippen LogP contribution < -0.4 is 11.1 Å². The molecule has 4 rings (SSSR count). The number of allylic oxidation sites excluding steroid dienone is 2. The fourth-order valence-corrected chi connectivity index (χ4v) is 3.84. The molecule has 2 aliphatic rings. The average molecular weight is 370 g/mol. The first-order valence-corrected chi connectivity index (χ1v) is 9.05. The van der Waals surface area contributed by atoms with Crippen LogP contribution in [0.4, 0.5) is 11.4 Å². The smallest absolute Gasteiger partial charge is 0.221 e. The van der Waals surface area contributed by atoms with E-state index in [9.17, 15) is 4.79 Å². The Morgan fingerprint density at radius 2 is 2.04 bits per heavy atom. The van der Waals surface area contributed by atoms with Gasteiger partial charge in [0.25, 0.3) is 0 Å². The zero-order valence-corrected chi connectivity index (χ0v) is 15.6. The lowest BCUT2D eigenvalue weighted by molar-refractivity contribution is -0.117. The predicted molar refractivity (Wildman–Crippen MR) is 108 cm³/mol. The number of rotatable bonds is 5. The van der Waals surface area contributed by atoms with Gasteiger partial charge in [-0.15, -0.1) is 12.4 Å². The number of anilines is 2. The number of nitrogens with two attached hydrogens (primary N) is 1. The first kappa shape index (κ1) is 18.5. The number of hydrogen-bond acceptors (Lipinski definition) is 3. The second-order valence-corrected chi connectivity index (χ2v) is 6.92. The van der Waals surface area contributed by atoms with Crippen LogP contribution in [0.2, 0.25) is 0 Å². The molecule has 2 aliphatic carbocycles. The molecule has 4 nitrogen and oxygen atoms in total. The summed E-state index contributed by atoms with van der Waals surface area (Å²) < 4.78 is 0. The first-order valence-electron chi connectivity index (χ1n) is 9.05. The van der Waals surface area contributed by atoms with Crippen molar-refractivity contribution in [3.63, 3.8) is 0 Å². The van der Waals surface area contributed by atoms with Crippen molar-refractivity contribution in [3.05, 3.63) is 58.9 Å². The fourth-order valence-electron chi connectivity index (χ4n) is 3.84. The third-order valence-electron chi connectivity index (χ3n) is 5.00. The van der Waals surface area contributed by atoms with E-state index in [0.29, 0.717) is 0 Å². The van der Waals surface area contributed by atoms with Crippen molar-refractivity contribution >= 4 is 35.3 Å². The maximum atomic E-state index is 11.2. The van der Waals surface area contributed by atoms with Gasteiger partial charge in [-0.3, -0.25) is 9.78 Å². The van der Waals surface area contributed by atoms with Crippen LogP contribution >= 0.6 is 12.4 Å². The van der Waals surface area contributed by atoms with Crippen LogP contribution in [-0.4, -0.2) is 10.9 Å². The standard InChI is InChI=1S/C21H23N3O.ClH/c22-21(25)12-14-5-3-8-16(11-14)23-20-13-19(15-6-1-2-7-15)24-18-10-4-9-17(18)20;/h3,5-6,8,11,13H,1-2,4,7,9-10,12H2,(H2,22,25)(H,23,24);1H. The number of nitrogens with one attached hydrogen (secondary N) is 1. The zero-order valence-electron chi connectivity index (χ0n) is 14.8. The quantitative estimate of drug-likeness (QED) is 0.824. The van der Waals surface area contributed by atoms with E-state index >= 15 is 0 Å². The number of carbonyl (C=O) groups excluding carboxylic acids is 1. The second-order valence-electron chi connectivity index (χ2n) is 6.92. The summed E-state index contributed by atoms with van der Waals surface area (Å²) in [5.74, 6) is -0.308. The Kier molecular flexibility index (Phi) is 5.62. The minimum Gasteiger partial charge on any atom is -0.369 e. The molecule has 1 amide bonds. The number of aromatic nitrogens is 1. The van der Waals surface area contributed by atoms with Crippen molar-refractivity contribution < 1.29 is 4.79 Å². The van der Waals surface area contributed by atoms with Crippen LogP contribution in [0.25, 0.3) is 5.57 Å². The number of amides is 1. The molecule has 0 spiro atoms. The van der Waals surface area contributed by atoms with Gasteiger partial charge < -0.3 is 11.1 Å². The topological polar surface area (TPSA) is 68.0 Å². The van der Waals surface area contributed by atoms with Crippen LogP contribution in [0.15, 0.2) is 36.4 Å². The molecule has 0 unspecified atom stereocenters. The van der Waals surface area contributed by atoms with Crippen molar-refractivity contribution in [2.45, 2.75) is 44.9 Å². The summed E-state index contributed by atoms with van der Waals surface area (Å²) in [4.78, 5) is 16.1. The van der Waals surface area contributed by atoms with Gasteiger partial charge in [-0.25, -0.2) is 0 Å². The second kappa shape index (κ2) is 7.92. The fraction of sp³-hybridized carbons (Fsp3) is 0.333. The van der Waals surface area contributed by atoms with E-state index < -0.39 is 0 Å². The summed E-state index contributed by atoms with van der Waals surface area (Å²) in [5, 5.41) is 3.56. The van der Waals surface area contributed by atoms with E-state index in [1.807, 2.05) is 24.3 Å². The Balaban J connectivity index is 0.00000196. The highest BCUT2D eigenvalue weighted by molar-refractivity contribution is 5.85. The number of nitrogens with zero attached hydrogens (tertiary/aromatic N) is 1. The maximum absolute atomic E-state index is 11.2. The molecule has 0 aliphatic heterocycles. The average Bonchev–Trinajstić information content (AvgIpc) is 3.26. The van der Waals surface area contributed by atoms with E-state index in [0.717, 1.165) is 48.3 Å². The molecule has 1 heterocycles.